The van der Waals surface area contributed by atoms with Crippen molar-refractivity contribution < 1.29 is 9.90 Å². The van der Waals surface area contributed by atoms with Crippen LogP contribution in [0.4, 0.5) is 0 Å². The molecule has 2 unspecified atom stereocenters. The van der Waals surface area contributed by atoms with Crippen LogP contribution in [0, 0.1) is 5.92 Å². The Kier molecular flexibility index (Phi) is 3.28. The second-order valence-electron chi connectivity index (χ2n) is 4.64. The van der Waals surface area contributed by atoms with Crippen LogP contribution in [0.1, 0.15) is 43.2 Å². The van der Waals surface area contributed by atoms with E-state index in [2.05, 4.69) is 31.2 Å². The van der Waals surface area contributed by atoms with Crippen molar-refractivity contribution in [2.45, 2.75) is 38.5 Å². The molecule has 0 spiro atoms. The molecule has 1 N–H and O–H groups in total. The molecule has 0 radical (unpaired) electrons. The monoisotopic (exact) mass is 218 g/mol. The second-order valence-corrected chi connectivity index (χ2v) is 4.64. The Morgan fingerprint density at radius 2 is 2.00 bits per heavy atom. The van der Waals surface area contributed by atoms with E-state index in [4.69, 9.17) is 5.11 Å². The Morgan fingerprint density at radius 3 is 2.50 bits per heavy atom. The third-order valence-corrected chi connectivity index (χ3v) is 3.64. The van der Waals surface area contributed by atoms with E-state index in [1.165, 1.54) is 11.1 Å². The number of benzene rings is 1. The van der Waals surface area contributed by atoms with Crippen LogP contribution in [-0.2, 0) is 11.2 Å². The smallest absolute Gasteiger partial charge is 0.306 e. The van der Waals surface area contributed by atoms with Crippen molar-refractivity contribution in [3.8, 4) is 0 Å². The molecule has 16 heavy (non-hydrogen) atoms. The molecule has 0 bridgehead atoms. The first-order valence-electron chi connectivity index (χ1n) is 6.02. The topological polar surface area (TPSA) is 37.3 Å². The Balaban J connectivity index is 2.05. The molecule has 0 saturated heterocycles. The minimum absolute atomic E-state index is 0.129. The third-order valence-electron chi connectivity index (χ3n) is 3.64. The molecule has 1 fully saturated rings. The summed E-state index contributed by atoms with van der Waals surface area (Å²) in [6.07, 6.45) is 3.71. The van der Waals surface area contributed by atoms with Crippen molar-refractivity contribution in [3.63, 3.8) is 0 Å². The van der Waals surface area contributed by atoms with Crippen molar-refractivity contribution >= 4 is 5.97 Å². The van der Waals surface area contributed by atoms with Crippen LogP contribution in [0.25, 0.3) is 0 Å². The molecule has 2 heteroatoms. The van der Waals surface area contributed by atoms with E-state index in [0.717, 1.165) is 25.7 Å². The molecular weight excluding hydrogens is 200 g/mol. The summed E-state index contributed by atoms with van der Waals surface area (Å²) >= 11 is 0. The zero-order valence-corrected chi connectivity index (χ0v) is 9.65. The molecule has 1 aromatic rings. The van der Waals surface area contributed by atoms with Gasteiger partial charge in [0.05, 0.1) is 5.92 Å². The molecule has 0 aliphatic heterocycles. The average molecular weight is 218 g/mol. The van der Waals surface area contributed by atoms with Crippen molar-refractivity contribution in [2.24, 2.45) is 5.92 Å². The number of carbonyl (C=O) groups is 1. The minimum atomic E-state index is -0.632. The summed E-state index contributed by atoms with van der Waals surface area (Å²) in [6, 6.07) is 8.63. The summed E-state index contributed by atoms with van der Waals surface area (Å²) in [4.78, 5) is 10.9. The zero-order chi connectivity index (χ0) is 11.5. The van der Waals surface area contributed by atoms with Crippen molar-refractivity contribution in [1.82, 2.24) is 0 Å². The van der Waals surface area contributed by atoms with Crippen LogP contribution >= 0.6 is 0 Å². The lowest BCUT2D eigenvalue weighted by Gasteiger charge is -2.10. The standard InChI is InChI=1S/C14H18O2/c1-2-10-3-5-11(6-4-10)12-7-8-13(9-12)14(15)16/h3-6,12-13H,2,7-9H2,1H3,(H,15,16). The summed E-state index contributed by atoms with van der Waals surface area (Å²) < 4.78 is 0. The fourth-order valence-electron chi connectivity index (χ4n) is 2.53. The van der Waals surface area contributed by atoms with Crippen LogP contribution in [0.2, 0.25) is 0 Å². The molecule has 1 saturated carbocycles. The lowest BCUT2D eigenvalue weighted by atomic mass is 9.95. The van der Waals surface area contributed by atoms with Gasteiger partial charge in [-0.3, -0.25) is 4.79 Å². The van der Waals surface area contributed by atoms with Crippen LogP contribution < -0.4 is 0 Å². The maximum Gasteiger partial charge on any atom is 0.306 e. The molecule has 1 aliphatic rings. The summed E-state index contributed by atoms with van der Waals surface area (Å²) in [7, 11) is 0. The second kappa shape index (κ2) is 4.69. The number of aliphatic carboxylic acids is 1. The third kappa shape index (κ3) is 2.26. The van der Waals surface area contributed by atoms with E-state index in [9.17, 15) is 4.79 Å². The average Bonchev–Trinajstić information content (AvgIpc) is 2.78. The molecule has 0 aromatic heterocycles. The van der Waals surface area contributed by atoms with E-state index in [1.807, 2.05) is 0 Å². The molecule has 1 aromatic carbocycles. The van der Waals surface area contributed by atoms with Gasteiger partial charge in [0.2, 0.25) is 0 Å². The number of carboxylic acid groups (broad SMARTS) is 1. The van der Waals surface area contributed by atoms with Gasteiger partial charge in [0, 0.05) is 0 Å². The predicted octanol–water partition coefficient (Wildman–Crippen LogP) is 3.22. The quantitative estimate of drug-likeness (QED) is 0.845. The van der Waals surface area contributed by atoms with E-state index in [-0.39, 0.29) is 5.92 Å². The van der Waals surface area contributed by atoms with Crippen LogP contribution in [0.5, 0.6) is 0 Å². The predicted molar refractivity (Wildman–Crippen MR) is 63.5 cm³/mol. The number of hydrogen-bond acceptors (Lipinski definition) is 1. The van der Waals surface area contributed by atoms with Crippen LogP contribution in [-0.4, -0.2) is 11.1 Å². The van der Waals surface area contributed by atoms with Gasteiger partial charge in [-0.25, -0.2) is 0 Å². The summed E-state index contributed by atoms with van der Waals surface area (Å²) in [6.45, 7) is 2.14. The Hall–Kier alpha value is -1.31. The van der Waals surface area contributed by atoms with E-state index < -0.39 is 5.97 Å². The van der Waals surface area contributed by atoms with Gasteiger partial charge in [-0.15, -0.1) is 0 Å². The fraction of sp³-hybridized carbons (Fsp3) is 0.500. The summed E-state index contributed by atoms with van der Waals surface area (Å²) in [5.74, 6) is -0.310. The van der Waals surface area contributed by atoms with Gasteiger partial charge in [0.15, 0.2) is 0 Å². The summed E-state index contributed by atoms with van der Waals surface area (Å²) in [5.41, 5.74) is 2.65. The molecule has 0 heterocycles. The van der Waals surface area contributed by atoms with Gasteiger partial charge in [-0.1, -0.05) is 31.2 Å². The molecule has 2 rings (SSSR count). The molecule has 0 amide bonds. The molecule has 2 atom stereocenters. The fourth-order valence-corrected chi connectivity index (χ4v) is 2.53. The van der Waals surface area contributed by atoms with E-state index in [1.54, 1.807) is 0 Å². The van der Waals surface area contributed by atoms with Crippen LogP contribution in [0.3, 0.4) is 0 Å². The number of aryl methyl sites for hydroxylation is 1. The van der Waals surface area contributed by atoms with Crippen molar-refractivity contribution in [3.05, 3.63) is 35.4 Å². The maximum atomic E-state index is 10.9. The first-order valence-corrected chi connectivity index (χ1v) is 6.02. The Morgan fingerprint density at radius 1 is 1.31 bits per heavy atom. The number of rotatable bonds is 3. The number of hydrogen-bond donors (Lipinski definition) is 1. The first kappa shape index (κ1) is 11.2. The van der Waals surface area contributed by atoms with Gasteiger partial charge in [-0.2, -0.15) is 0 Å². The van der Waals surface area contributed by atoms with Gasteiger partial charge < -0.3 is 5.11 Å². The van der Waals surface area contributed by atoms with E-state index in [0.29, 0.717) is 5.92 Å². The van der Waals surface area contributed by atoms with Gasteiger partial charge in [0.1, 0.15) is 0 Å². The highest BCUT2D eigenvalue weighted by Crippen LogP contribution is 2.38. The first-order chi connectivity index (χ1) is 7.70. The highest BCUT2D eigenvalue weighted by molar-refractivity contribution is 5.70. The highest BCUT2D eigenvalue weighted by atomic mass is 16.4. The van der Waals surface area contributed by atoms with Gasteiger partial charge in [0.25, 0.3) is 0 Å². The molecular formula is C14H18O2. The van der Waals surface area contributed by atoms with Gasteiger partial charge >= 0.3 is 5.97 Å². The maximum absolute atomic E-state index is 10.9. The molecule has 86 valence electrons. The lowest BCUT2D eigenvalue weighted by Crippen LogP contribution is -2.09. The normalized spacial score (nSPS) is 24.6. The van der Waals surface area contributed by atoms with Crippen molar-refractivity contribution in [1.29, 1.82) is 0 Å². The van der Waals surface area contributed by atoms with Crippen molar-refractivity contribution in [2.75, 3.05) is 0 Å². The van der Waals surface area contributed by atoms with E-state index >= 15 is 0 Å². The van der Waals surface area contributed by atoms with Crippen LogP contribution in [0.15, 0.2) is 24.3 Å². The number of carboxylic acids is 1. The zero-order valence-electron chi connectivity index (χ0n) is 9.65. The Bertz CT molecular complexity index is 367. The summed E-state index contributed by atoms with van der Waals surface area (Å²) in [5, 5.41) is 8.96. The largest absolute Gasteiger partial charge is 0.481 e. The van der Waals surface area contributed by atoms with Gasteiger partial charge in [-0.05, 0) is 42.7 Å². The lowest BCUT2D eigenvalue weighted by molar-refractivity contribution is -0.141. The Labute approximate surface area is 96.3 Å². The highest BCUT2D eigenvalue weighted by Gasteiger charge is 2.30. The molecule has 2 nitrogen and oxygen atoms in total. The molecule has 1 aliphatic carbocycles. The SMILES string of the molecule is CCc1ccc(C2CCC(C(=O)O)C2)cc1. The minimum Gasteiger partial charge on any atom is -0.481 e.